The topological polar surface area (TPSA) is 72.8 Å². The number of benzene rings is 2. The molecule has 0 spiro atoms. The van der Waals surface area contributed by atoms with Crippen molar-refractivity contribution >= 4 is 9.84 Å². The Morgan fingerprint density at radius 1 is 1.00 bits per heavy atom. The number of aliphatic hydroxyl groups is 1. The second-order valence-corrected chi connectivity index (χ2v) is 7.27. The Bertz CT molecular complexity index is 721. The second-order valence-electron chi connectivity index (χ2n) is 5.23. The minimum Gasteiger partial charge on any atom is -0.497 e. The highest BCUT2D eigenvalue weighted by atomic mass is 32.2. The van der Waals surface area contributed by atoms with Crippen LogP contribution in [0.2, 0.25) is 0 Å². The van der Waals surface area contributed by atoms with Gasteiger partial charge in [-0.1, -0.05) is 17.7 Å². The molecule has 0 fully saturated rings. The first kappa shape index (κ1) is 17.3. The Morgan fingerprint density at radius 3 is 2.13 bits per heavy atom. The maximum absolute atomic E-state index is 12.2. The number of rotatable bonds is 7. The maximum Gasteiger partial charge on any atom is 0.181 e. The van der Waals surface area contributed by atoms with Crippen molar-refractivity contribution in [1.29, 1.82) is 0 Å². The average molecular weight is 336 g/mol. The third kappa shape index (κ3) is 4.97. The molecule has 2 rings (SSSR count). The van der Waals surface area contributed by atoms with E-state index in [0.717, 1.165) is 5.56 Å². The van der Waals surface area contributed by atoms with E-state index in [9.17, 15) is 13.5 Å². The van der Waals surface area contributed by atoms with Gasteiger partial charge in [0, 0.05) is 0 Å². The van der Waals surface area contributed by atoms with Gasteiger partial charge < -0.3 is 14.6 Å². The van der Waals surface area contributed by atoms with Crippen LogP contribution in [0.25, 0.3) is 0 Å². The summed E-state index contributed by atoms with van der Waals surface area (Å²) in [5, 5.41) is 9.93. The number of hydrogen-bond donors (Lipinski definition) is 1. The van der Waals surface area contributed by atoms with Gasteiger partial charge in [-0.05, 0) is 43.3 Å². The highest BCUT2D eigenvalue weighted by molar-refractivity contribution is 7.91. The lowest BCUT2D eigenvalue weighted by Gasteiger charge is -2.13. The number of ether oxygens (including phenoxy) is 2. The van der Waals surface area contributed by atoms with Crippen LogP contribution >= 0.6 is 0 Å². The van der Waals surface area contributed by atoms with Crippen molar-refractivity contribution in [2.45, 2.75) is 17.9 Å². The molecule has 0 radical (unpaired) electrons. The first-order chi connectivity index (χ1) is 10.9. The van der Waals surface area contributed by atoms with E-state index >= 15 is 0 Å². The van der Waals surface area contributed by atoms with Crippen molar-refractivity contribution < 1.29 is 23.0 Å². The molecule has 0 aromatic heterocycles. The molecule has 0 saturated carbocycles. The molecule has 0 aliphatic heterocycles. The summed E-state index contributed by atoms with van der Waals surface area (Å²) in [5.74, 6) is 0.851. The predicted octanol–water partition coefficient (Wildman–Crippen LogP) is 2.22. The van der Waals surface area contributed by atoms with Crippen LogP contribution < -0.4 is 9.47 Å². The predicted molar refractivity (Wildman–Crippen MR) is 87.7 cm³/mol. The molecule has 2 aromatic carbocycles. The SMILES string of the molecule is COc1ccc(OCC(O)CS(=O)(=O)c2ccc(C)cc2)cc1. The molecular formula is C17H20O5S. The van der Waals surface area contributed by atoms with Gasteiger partial charge in [0.25, 0.3) is 0 Å². The van der Waals surface area contributed by atoms with Crippen molar-refractivity contribution in [3.63, 3.8) is 0 Å². The van der Waals surface area contributed by atoms with E-state index in [1.165, 1.54) is 0 Å². The molecule has 6 heteroatoms. The Labute approximate surface area is 136 Å². The van der Waals surface area contributed by atoms with Crippen LogP contribution in [0.5, 0.6) is 11.5 Å². The summed E-state index contributed by atoms with van der Waals surface area (Å²) in [6.07, 6.45) is -1.11. The molecule has 0 aliphatic carbocycles. The molecule has 124 valence electrons. The van der Waals surface area contributed by atoms with Crippen LogP contribution in [0.15, 0.2) is 53.4 Å². The van der Waals surface area contributed by atoms with Crippen molar-refractivity contribution in [1.82, 2.24) is 0 Å². The van der Waals surface area contributed by atoms with Crippen LogP contribution in [0.3, 0.4) is 0 Å². The third-order valence-electron chi connectivity index (χ3n) is 3.29. The molecule has 0 aliphatic rings. The highest BCUT2D eigenvalue weighted by Gasteiger charge is 2.20. The molecule has 0 amide bonds. The van der Waals surface area contributed by atoms with Crippen molar-refractivity contribution in [2.75, 3.05) is 19.5 Å². The van der Waals surface area contributed by atoms with Crippen molar-refractivity contribution in [3.8, 4) is 11.5 Å². The van der Waals surface area contributed by atoms with E-state index < -0.39 is 15.9 Å². The Hall–Kier alpha value is -2.05. The molecule has 1 atom stereocenters. The fourth-order valence-electron chi connectivity index (χ4n) is 2.01. The summed E-state index contributed by atoms with van der Waals surface area (Å²) in [7, 11) is -1.98. The van der Waals surface area contributed by atoms with Gasteiger partial charge in [-0.15, -0.1) is 0 Å². The van der Waals surface area contributed by atoms with Gasteiger partial charge in [0.15, 0.2) is 9.84 Å². The van der Waals surface area contributed by atoms with Gasteiger partial charge in [-0.2, -0.15) is 0 Å². The molecule has 23 heavy (non-hydrogen) atoms. The number of aliphatic hydroxyl groups excluding tert-OH is 1. The zero-order chi connectivity index (χ0) is 16.9. The van der Waals surface area contributed by atoms with E-state index in [-0.39, 0.29) is 17.3 Å². The zero-order valence-corrected chi connectivity index (χ0v) is 13.9. The van der Waals surface area contributed by atoms with Gasteiger partial charge in [0.1, 0.15) is 24.2 Å². The van der Waals surface area contributed by atoms with Crippen LogP contribution in [0.4, 0.5) is 0 Å². The van der Waals surface area contributed by atoms with E-state index in [1.54, 1.807) is 55.6 Å². The summed E-state index contributed by atoms with van der Waals surface area (Å²) in [6, 6.07) is 13.4. The highest BCUT2D eigenvalue weighted by Crippen LogP contribution is 2.18. The van der Waals surface area contributed by atoms with Crippen LogP contribution in [0, 0.1) is 6.92 Å². The van der Waals surface area contributed by atoms with Crippen LogP contribution in [-0.4, -0.2) is 39.1 Å². The molecule has 0 bridgehead atoms. The largest absolute Gasteiger partial charge is 0.497 e. The lowest BCUT2D eigenvalue weighted by molar-refractivity contribution is 0.125. The van der Waals surface area contributed by atoms with E-state index in [2.05, 4.69) is 0 Å². The smallest absolute Gasteiger partial charge is 0.181 e. The quantitative estimate of drug-likeness (QED) is 0.839. The Balaban J connectivity index is 1.92. The Kier molecular flexibility index (Phi) is 5.63. The molecular weight excluding hydrogens is 316 g/mol. The number of methoxy groups -OCH3 is 1. The minimum absolute atomic E-state index is 0.0998. The lowest BCUT2D eigenvalue weighted by Crippen LogP contribution is -2.27. The first-order valence-electron chi connectivity index (χ1n) is 7.15. The van der Waals surface area contributed by atoms with Crippen molar-refractivity contribution in [2.24, 2.45) is 0 Å². The van der Waals surface area contributed by atoms with Crippen LogP contribution in [0.1, 0.15) is 5.56 Å². The van der Waals surface area contributed by atoms with Gasteiger partial charge in [0.2, 0.25) is 0 Å². The summed E-state index contributed by atoms with van der Waals surface area (Å²) in [5.41, 5.74) is 0.979. The summed E-state index contributed by atoms with van der Waals surface area (Å²) >= 11 is 0. The summed E-state index contributed by atoms with van der Waals surface area (Å²) < 4.78 is 34.9. The number of hydrogen-bond acceptors (Lipinski definition) is 5. The number of sulfone groups is 1. The zero-order valence-electron chi connectivity index (χ0n) is 13.1. The second kappa shape index (κ2) is 7.48. The van der Waals surface area contributed by atoms with E-state index in [4.69, 9.17) is 9.47 Å². The van der Waals surface area contributed by atoms with Gasteiger partial charge in [-0.3, -0.25) is 0 Å². The average Bonchev–Trinajstić information content (AvgIpc) is 2.53. The molecule has 0 heterocycles. The fraction of sp³-hybridized carbons (Fsp3) is 0.294. The Morgan fingerprint density at radius 2 is 1.57 bits per heavy atom. The first-order valence-corrected chi connectivity index (χ1v) is 8.80. The lowest BCUT2D eigenvalue weighted by atomic mass is 10.2. The molecule has 0 saturated heterocycles. The third-order valence-corrected chi connectivity index (χ3v) is 5.11. The van der Waals surface area contributed by atoms with E-state index in [0.29, 0.717) is 11.5 Å². The normalized spacial score (nSPS) is 12.7. The minimum atomic E-state index is -3.54. The summed E-state index contributed by atoms with van der Waals surface area (Å²) in [6.45, 7) is 1.78. The van der Waals surface area contributed by atoms with Gasteiger partial charge >= 0.3 is 0 Å². The van der Waals surface area contributed by atoms with Gasteiger partial charge in [-0.25, -0.2) is 8.42 Å². The monoisotopic (exact) mass is 336 g/mol. The molecule has 2 aromatic rings. The number of aryl methyl sites for hydroxylation is 1. The maximum atomic E-state index is 12.2. The fourth-order valence-corrected chi connectivity index (χ4v) is 3.35. The van der Waals surface area contributed by atoms with Gasteiger partial charge in [0.05, 0.1) is 17.8 Å². The standard InChI is InChI=1S/C17H20O5S/c1-13-3-9-17(10-4-13)23(19,20)12-14(18)11-22-16-7-5-15(21-2)6-8-16/h3-10,14,18H,11-12H2,1-2H3. The molecule has 5 nitrogen and oxygen atoms in total. The summed E-state index contributed by atoms with van der Waals surface area (Å²) in [4.78, 5) is 0.201. The molecule has 1 unspecified atom stereocenters. The van der Waals surface area contributed by atoms with Crippen molar-refractivity contribution in [3.05, 3.63) is 54.1 Å². The van der Waals surface area contributed by atoms with Crippen LogP contribution in [-0.2, 0) is 9.84 Å². The molecule has 1 N–H and O–H groups in total. The van der Waals surface area contributed by atoms with E-state index in [1.807, 2.05) is 6.92 Å².